The molecule has 11 nitrogen and oxygen atoms in total. The zero-order chi connectivity index (χ0) is 27.9. The second-order valence-corrected chi connectivity index (χ2v) is 10.6. The molecule has 1 aliphatic rings. The number of amides is 2. The average molecular weight is 530 g/mol. The van der Waals surface area contributed by atoms with Crippen molar-refractivity contribution in [1.82, 2.24) is 34.4 Å². The molecule has 0 fully saturated rings. The van der Waals surface area contributed by atoms with E-state index in [1.807, 2.05) is 58.0 Å². The number of ether oxygens (including phenoxy) is 1. The van der Waals surface area contributed by atoms with Crippen molar-refractivity contribution in [1.29, 1.82) is 0 Å². The number of aromatic nitrogens is 5. The van der Waals surface area contributed by atoms with E-state index in [4.69, 9.17) is 4.74 Å². The van der Waals surface area contributed by atoms with E-state index in [-0.39, 0.29) is 35.6 Å². The number of carbonyl (C=O) groups excluding carboxylic acids is 2. The van der Waals surface area contributed by atoms with Crippen LogP contribution in [0.15, 0.2) is 53.7 Å². The van der Waals surface area contributed by atoms with Crippen molar-refractivity contribution in [2.45, 2.75) is 58.7 Å². The molecule has 0 saturated heterocycles. The van der Waals surface area contributed by atoms with Crippen LogP contribution in [0.5, 0.6) is 0 Å². The molecule has 1 aromatic carbocycles. The Hall–Kier alpha value is -4.54. The second-order valence-electron chi connectivity index (χ2n) is 10.6. The fourth-order valence-corrected chi connectivity index (χ4v) is 4.77. The van der Waals surface area contributed by atoms with Crippen LogP contribution in [0.25, 0.3) is 11.6 Å². The lowest BCUT2D eigenvalue weighted by atomic mass is 9.99. The zero-order valence-electron chi connectivity index (χ0n) is 22.6. The third-order valence-corrected chi connectivity index (χ3v) is 6.64. The highest BCUT2D eigenvalue weighted by Gasteiger charge is 2.35. The molecule has 2 amide bonds. The van der Waals surface area contributed by atoms with E-state index >= 15 is 0 Å². The number of rotatable bonds is 4. The van der Waals surface area contributed by atoms with Crippen molar-refractivity contribution in [3.05, 3.63) is 87.2 Å². The maximum atomic E-state index is 14.1. The first-order chi connectivity index (χ1) is 18.6. The number of fused-ring (bicyclic) bond motifs is 3. The predicted molar refractivity (Wildman–Crippen MR) is 144 cm³/mol. The summed E-state index contributed by atoms with van der Waals surface area (Å²) in [4.78, 5) is 49.5. The van der Waals surface area contributed by atoms with Gasteiger partial charge in [-0.25, -0.2) is 23.8 Å². The van der Waals surface area contributed by atoms with Crippen LogP contribution in [0.3, 0.4) is 0 Å². The molecule has 0 aliphatic carbocycles. The molecule has 0 radical (unpaired) electrons. The topological polar surface area (TPSA) is 124 Å². The summed E-state index contributed by atoms with van der Waals surface area (Å²) in [5.41, 5.74) is 2.85. The molecular formula is C28H31N7O4. The molecule has 1 N–H and O–H groups in total. The number of benzene rings is 1. The largest absolute Gasteiger partial charge is 0.444 e. The van der Waals surface area contributed by atoms with Crippen LogP contribution in [0, 0.1) is 0 Å². The Balaban J connectivity index is 1.69. The van der Waals surface area contributed by atoms with E-state index in [0.717, 1.165) is 11.1 Å². The molecule has 39 heavy (non-hydrogen) atoms. The van der Waals surface area contributed by atoms with Gasteiger partial charge in [0.05, 0.1) is 24.0 Å². The summed E-state index contributed by atoms with van der Waals surface area (Å²) in [6, 6.07) is 9.59. The summed E-state index contributed by atoms with van der Waals surface area (Å²) in [7, 11) is 1.53. The third-order valence-electron chi connectivity index (χ3n) is 6.64. The van der Waals surface area contributed by atoms with Gasteiger partial charge in [0.2, 0.25) is 5.95 Å². The lowest BCUT2D eigenvalue weighted by Gasteiger charge is -2.36. The van der Waals surface area contributed by atoms with E-state index in [2.05, 4.69) is 20.4 Å². The van der Waals surface area contributed by atoms with E-state index in [1.54, 1.807) is 15.6 Å². The van der Waals surface area contributed by atoms with E-state index in [9.17, 15) is 14.4 Å². The maximum absolute atomic E-state index is 14.1. The summed E-state index contributed by atoms with van der Waals surface area (Å²) >= 11 is 0. The standard InChI is InChI=1S/C28H31N7O4/c1-17-11-21-22(16-33(17)27(38)39-28(2,3)4)35-24(19(15-32-35)12-18-9-7-6-8-10-18)34(25(21)37)26-30-13-20(14-31-26)23(36)29-5/h6-10,13-15,17H,11-12,16H2,1-5H3,(H,29,36). The van der Waals surface area contributed by atoms with Gasteiger partial charge in [-0.3, -0.25) is 14.5 Å². The minimum Gasteiger partial charge on any atom is -0.444 e. The van der Waals surface area contributed by atoms with Crippen molar-refractivity contribution >= 4 is 17.6 Å². The first-order valence-corrected chi connectivity index (χ1v) is 12.8. The predicted octanol–water partition coefficient (Wildman–Crippen LogP) is 2.91. The molecule has 1 unspecified atom stereocenters. The van der Waals surface area contributed by atoms with Crippen LogP contribution in [0.2, 0.25) is 0 Å². The highest BCUT2D eigenvalue weighted by molar-refractivity contribution is 5.93. The Morgan fingerprint density at radius 3 is 2.44 bits per heavy atom. The molecule has 11 heteroatoms. The molecule has 0 bridgehead atoms. The summed E-state index contributed by atoms with van der Waals surface area (Å²) in [5.74, 6) is -0.188. The first kappa shape index (κ1) is 26.1. The Morgan fingerprint density at radius 2 is 1.79 bits per heavy atom. The van der Waals surface area contributed by atoms with Crippen molar-refractivity contribution < 1.29 is 14.3 Å². The highest BCUT2D eigenvalue weighted by Crippen LogP contribution is 2.27. The molecule has 4 aromatic rings. The number of hydrogen-bond donors (Lipinski definition) is 1. The summed E-state index contributed by atoms with van der Waals surface area (Å²) in [6.45, 7) is 7.52. The Kier molecular flexibility index (Phi) is 6.67. The number of carbonyl (C=O) groups is 2. The van der Waals surface area contributed by atoms with Crippen molar-refractivity contribution in [2.75, 3.05) is 7.05 Å². The zero-order valence-corrected chi connectivity index (χ0v) is 22.6. The van der Waals surface area contributed by atoms with E-state index in [0.29, 0.717) is 29.7 Å². The van der Waals surface area contributed by atoms with Crippen LogP contribution in [-0.2, 0) is 24.1 Å². The van der Waals surface area contributed by atoms with Gasteiger partial charge in [-0.1, -0.05) is 30.3 Å². The molecule has 5 rings (SSSR count). The SMILES string of the molecule is CNC(=O)c1cnc(-n2c(=O)c3c(n4ncc(Cc5ccccc5)c24)CN(C(=O)OC(C)(C)C)C(C)C3)nc1. The minimum absolute atomic E-state index is 0.137. The van der Waals surface area contributed by atoms with E-state index in [1.165, 1.54) is 24.0 Å². The molecule has 0 saturated carbocycles. The van der Waals surface area contributed by atoms with Crippen LogP contribution < -0.4 is 10.9 Å². The van der Waals surface area contributed by atoms with Gasteiger partial charge < -0.3 is 10.1 Å². The lowest BCUT2D eigenvalue weighted by molar-refractivity contribution is 0.0131. The van der Waals surface area contributed by atoms with Crippen molar-refractivity contribution in [3.63, 3.8) is 0 Å². The van der Waals surface area contributed by atoms with Gasteiger partial charge in [-0.2, -0.15) is 5.10 Å². The van der Waals surface area contributed by atoms with Gasteiger partial charge >= 0.3 is 6.09 Å². The fraction of sp³-hybridized carbons (Fsp3) is 0.357. The molecule has 1 aliphatic heterocycles. The molecule has 1 atom stereocenters. The fourth-order valence-electron chi connectivity index (χ4n) is 4.77. The van der Waals surface area contributed by atoms with Crippen LogP contribution in [0.1, 0.15) is 60.4 Å². The summed E-state index contributed by atoms with van der Waals surface area (Å²) < 4.78 is 8.80. The molecule has 202 valence electrons. The van der Waals surface area contributed by atoms with Crippen molar-refractivity contribution in [2.24, 2.45) is 0 Å². The molecule has 4 heterocycles. The van der Waals surface area contributed by atoms with Crippen LogP contribution in [-0.4, -0.2) is 59.7 Å². The van der Waals surface area contributed by atoms with Gasteiger partial charge in [0.1, 0.15) is 11.2 Å². The Morgan fingerprint density at radius 1 is 1.10 bits per heavy atom. The first-order valence-electron chi connectivity index (χ1n) is 12.8. The Labute approximate surface area is 225 Å². The Bertz CT molecular complexity index is 1600. The monoisotopic (exact) mass is 529 g/mol. The molecule has 3 aromatic heterocycles. The smallest absolute Gasteiger partial charge is 0.410 e. The summed E-state index contributed by atoms with van der Waals surface area (Å²) in [6.07, 6.45) is 4.90. The van der Waals surface area contributed by atoms with Crippen molar-refractivity contribution in [3.8, 4) is 5.95 Å². The molecule has 0 spiro atoms. The van der Waals surface area contributed by atoms with Gasteiger partial charge in [-0.05, 0) is 33.3 Å². The molecular weight excluding hydrogens is 498 g/mol. The van der Waals surface area contributed by atoms with Gasteiger partial charge in [0, 0.05) is 49.5 Å². The normalized spacial score (nSPS) is 15.2. The van der Waals surface area contributed by atoms with Crippen LogP contribution in [0.4, 0.5) is 4.79 Å². The highest BCUT2D eigenvalue weighted by atomic mass is 16.6. The minimum atomic E-state index is -0.650. The number of nitrogens with zero attached hydrogens (tertiary/aromatic N) is 6. The number of nitrogens with one attached hydrogen (secondary N) is 1. The second kappa shape index (κ2) is 9.97. The van der Waals surface area contributed by atoms with E-state index < -0.39 is 11.7 Å². The average Bonchev–Trinajstić information content (AvgIpc) is 3.31. The quantitative estimate of drug-likeness (QED) is 0.431. The van der Waals surface area contributed by atoms with Gasteiger partial charge in [0.25, 0.3) is 11.5 Å². The lowest BCUT2D eigenvalue weighted by Crippen LogP contribution is -2.48. The van der Waals surface area contributed by atoms with Gasteiger partial charge in [-0.15, -0.1) is 0 Å². The maximum Gasteiger partial charge on any atom is 0.410 e. The van der Waals surface area contributed by atoms with Crippen LogP contribution >= 0.6 is 0 Å². The number of hydrogen-bond acceptors (Lipinski definition) is 7. The third kappa shape index (κ3) is 4.99. The summed E-state index contributed by atoms with van der Waals surface area (Å²) in [5, 5.41) is 7.21. The van der Waals surface area contributed by atoms with Gasteiger partial charge in [0.15, 0.2) is 0 Å².